The normalized spacial score (nSPS) is 26.3. The molecule has 0 N–H and O–H groups in total. The fourth-order valence-electron chi connectivity index (χ4n) is 7.53. The van der Waals surface area contributed by atoms with Crippen molar-refractivity contribution in [2.24, 2.45) is 0 Å². The minimum atomic E-state index is -3.34. The first-order chi connectivity index (χ1) is 28.6. The number of hydrogen-bond donors (Lipinski definition) is 0. The third-order valence-electron chi connectivity index (χ3n) is 9.67. The van der Waals surface area contributed by atoms with Crippen LogP contribution in [0.2, 0.25) is 5.04 Å². The molecule has 2 aromatic rings. The van der Waals surface area contributed by atoms with Crippen molar-refractivity contribution in [2.45, 2.75) is 129 Å². The number of esters is 7. The van der Waals surface area contributed by atoms with E-state index in [1.807, 2.05) is 81.4 Å². The van der Waals surface area contributed by atoms with E-state index in [0.29, 0.717) is 0 Å². The van der Waals surface area contributed by atoms with Gasteiger partial charge in [0, 0.05) is 48.5 Å². The van der Waals surface area contributed by atoms with Gasteiger partial charge in [0.15, 0.2) is 30.5 Å². The van der Waals surface area contributed by atoms with E-state index in [4.69, 9.17) is 51.8 Å². The van der Waals surface area contributed by atoms with E-state index in [1.165, 1.54) is 0 Å². The standard InChI is InChI=1S/C42H54O18Si/c1-24(43)50-21-33-35(53-26(3)45)37(55-28(5)47)38(56-29(6)48)40(58-33)60-42(23-51-25(2)44)39(57-30(7)49)36(54-27(4)46)34(59-42)22-52-61(41(8,9)10,31-17-13-11-14-18-31)32-19-15-12-16-20-32/h11-20,33-40H,21-23H2,1-10H3/t33-,34-,35-,36-,37+,38-,39+,40-,42+/m1/s1. The molecule has 334 valence electrons. The molecule has 2 saturated heterocycles. The van der Waals surface area contributed by atoms with Crippen LogP contribution in [0.15, 0.2) is 60.7 Å². The van der Waals surface area contributed by atoms with Crippen LogP contribution in [0.3, 0.4) is 0 Å². The summed E-state index contributed by atoms with van der Waals surface area (Å²) in [5.41, 5.74) is 0. The highest BCUT2D eigenvalue weighted by atomic mass is 28.4. The first-order valence-electron chi connectivity index (χ1n) is 19.5. The van der Waals surface area contributed by atoms with Crippen LogP contribution >= 0.6 is 0 Å². The molecule has 9 atom stereocenters. The fourth-order valence-corrected chi connectivity index (χ4v) is 12.1. The molecule has 2 fully saturated rings. The van der Waals surface area contributed by atoms with Crippen molar-refractivity contribution in [3.05, 3.63) is 60.7 Å². The summed E-state index contributed by atoms with van der Waals surface area (Å²) in [5.74, 6) is -8.52. The molecule has 2 aromatic carbocycles. The van der Waals surface area contributed by atoms with Gasteiger partial charge in [-0.2, -0.15) is 0 Å². The van der Waals surface area contributed by atoms with Crippen molar-refractivity contribution in [3.8, 4) is 0 Å². The Balaban J connectivity index is 1.93. The molecule has 0 radical (unpaired) electrons. The summed E-state index contributed by atoms with van der Waals surface area (Å²) in [7, 11) is -3.34. The Morgan fingerprint density at radius 2 is 1.02 bits per heavy atom. The number of rotatable bonds is 16. The van der Waals surface area contributed by atoms with Gasteiger partial charge in [0.1, 0.15) is 25.4 Å². The molecule has 0 saturated carbocycles. The number of carbonyl (C=O) groups is 7. The molecule has 0 aliphatic carbocycles. The van der Waals surface area contributed by atoms with E-state index in [-0.39, 0.29) is 6.61 Å². The van der Waals surface area contributed by atoms with Crippen LogP contribution in [0.5, 0.6) is 0 Å². The van der Waals surface area contributed by atoms with Crippen LogP contribution in [0.4, 0.5) is 0 Å². The summed E-state index contributed by atoms with van der Waals surface area (Å²) < 4.78 is 65.5. The van der Waals surface area contributed by atoms with E-state index in [0.717, 1.165) is 58.8 Å². The van der Waals surface area contributed by atoms with Crippen LogP contribution < -0.4 is 10.4 Å². The van der Waals surface area contributed by atoms with Crippen molar-refractivity contribution in [1.82, 2.24) is 0 Å². The van der Waals surface area contributed by atoms with Crippen molar-refractivity contribution in [3.63, 3.8) is 0 Å². The Hall–Kier alpha value is -5.21. The lowest BCUT2D eigenvalue weighted by Crippen LogP contribution is -2.67. The zero-order valence-electron chi connectivity index (χ0n) is 35.9. The minimum Gasteiger partial charge on any atom is -0.463 e. The lowest BCUT2D eigenvalue weighted by molar-refractivity contribution is -0.384. The Morgan fingerprint density at radius 3 is 1.48 bits per heavy atom. The fraction of sp³-hybridized carbons (Fsp3) is 0.548. The number of hydrogen-bond acceptors (Lipinski definition) is 18. The van der Waals surface area contributed by atoms with Gasteiger partial charge in [0.25, 0.3) is 8.32 Å². The van der Waals surface area contributed by atoms with Gasteiger partial charge in [0.2, 0.25) is 12.1 Å². The van der Waals surface area contributed by atoms with Crippen molar-refractivity contribution < 1.29 is 85.4 Å². The second-order valence-corrected chi connectivity index (χ2v) is 19.8. The van der Waals surface area contributed by atoms with Crippen LogP contribution in [0.1, 0.15) is 69.2 Å². The largest absolute Gasteiger partial charge is 0.463 e. The maximum Gasteiger partial charge on any atom is 0.303 e. The van der Waals surface area contributed by atoms with E-state index >= 15 is 0 Å². The molecule has 2 aliphatic rings. The molecular weight excluding hydrogens is 821 g/mol. The van der Waals surface area contributed by atoms with E-state index in [1.54, 1.807) is 0 Å². The molecule has 0 bridgehead atoms. The molecule has 2 heterocycles. The van der Waals surface area contributed by atoms with Gasteiger partial charge in [0.05, 0.1) is 6.61 Å². The van der Waals surface area contributed by atoms with E-state index in [2.05, 4.69) is 0 Å². The molecule has 0 aromatic heterocycles. The highest BCUT2D eigenvalue weighted by Crippen LogP contribution is 2.43. The maximum absolute atomic E-state index is 12.9. The zero-order valence-corrected chi connectivity index (χ0v) is 36.9. The van der Waals surface area contributed by atoms with Gasteiger partial charge >= 0.3 is 41.8 Å². The average Bonchev–Trinajstić information content (AvgIpc) is 3.42. The molecular formula is C42H54O18Si. The SMILES string of the molecule is CC(=O)OC[C@H]1O[C@H](O[C@]2(COC(C)=O)O[C@H](CO[Si](c3ccccc3)(c3ccccc3)C(C)(C)C)[C@@H](OC(C)=O)[C@@H]2OC(C)=O)[C@H](OC(C)=O)[C@@H](OC(C)=O)[C@@H]1OC(C)=O. The summed E-state index contributed by atoms with van der Waals surface area (Å²) in [6, 6.07) is 19.2. The predicted molar refractivity (Wildman–Crippen MR) is 212 cm³/mol. The quantitative estimate of drug-likeness (QED) is 0.134. The van der Waals surface area contributed by atoms with Crippen LogP contribution in [0, 0.1) is 0 Å². The summed E-state index contributed by atoms with van der Waals surface area (Å²) >= 11 is 0. The zero-order chi connectivity index (χ0) is 45.3. The number of carbonyl (C=O) groups excluding carboxylic acids is 7. The van der Waals surface area contributed by atoms with Crippen molar-refractivity contribution in [1.29, 1.82) is 0 Å². The molecule has 19 heteroatoms. The number of benzene rings is 2. The lowest BCUT2D eigenvalue weighted by Gasteiger charge is -2.46. The molecule has 61 heavy (non-hydrogen) atoms. The summed E-state index contributed by atoms with van der Waals surface area (Å²) in [5, 5.41) is 1.25. The summed E-state index contributed by atoms with van der Waals surface area (Å²) in [4.78, 5) is 87.9. The third kappa shape index (κ3) is 12.0. The van der Waals surface area contributed by atoms with Crippen LogP contribution in [0.25, 0.3) is 0 Å². The summed E-state index contributed by atoms with van der Waals surface area (Å²) in [6.07, 6.45) is -13.0. The third-order valence-corrected chi connectivity index (χ3v) is 14.7. The second-order valence-electron chi connectivity index (χ2n) is 15.5. The topological polar surface area (TPSA) is 221 Å². The van der Waals surface area contributed by atoms with Gasteiger partial charge in [-0.1, -0.05) is 81.4 Å². The highest BCUT2D eigenvalue weighted by Gasteiger charge is 2.65. The van der Waals surface area contributed by atoms with Crippen LogP contribution in [-0.4, -0.2) is 125 Å². The maximum atomic E-state index is 12.9. The second kappa shape index (κ2) is 20.6. The highest BCUT2D eigenvalue weighted by molar-refractivity contribution is 6.99. The summed E-state index contributed by atoms with van der Waals surface area (Å²) in [6.45, 7) is 11.9. The van der Waals surface area contributed by atoms with Gasteiger partial charge in [-0.25, -0.2) is 0 Å². The predicted octanol–water partition coefficient (Wildman–Crippen LogP) is 2.18. The van der Waals surface area contributed by atoms with Gasteiger partial charge in [-0.15, -0.1) is 0 Å². The van der Waals surface area contributed by atoms with E-state index < -0.39 is 123 Å². The first-order valence-corrected chi connectivity index (χ1v) is 21.4. The lowest BCUT2D eigenvalue weighted by atomic mass is 9.97. The Bertz CT molecular complexity index is 1840. The van der Waals surface area contributed by atoms with Crippen LogP contribution in [-0.2, 0) is 85.4 Å². The Kier molecular flexibility index (Phi) is 16.3. The van der Waals surface area contributed by atoms with E-state index in [9.17, 15) is 33.6 Å². The first kappa shape index (κ1) is 48.5. The van der Waals surface area contributed by atoms with Gasteiger partial charge in [-0.05, 0) is 15.4 Å². The molecule has 18 nitrogen and oxygen atoms in total. The average molecular weight is 875 g/mol. The molecule has 4 rings (SSSR count). The molecule has 2 aliphatic heterocycles. The Labute approximate surface area is 354 Å². The van der Waals surface area contributed by atoms with Crippen molar-refractivity contribution >= 4 is 60.5 Å². The minimum absolute atomic E-state index is 0.327. The van der Waals surface area contributed by atoms with Gasteiger partial charge < -0.3 is 51.8 Å². The molecule has 0 amide bonds. The Morgan fingerprint density at radius 1 is 0.557 bits per heavy atom. The molecule has 0 unspecified atom stereocenters. The monoisotopic (exact) mass is 874 g/mol. The molecule has 0 spiro atoms. The van der Waals surface area contributed by atoms with Crippen molar-refractivity contribution in [2.75, 3.05) is 19.8 Å². The van der Waals surface area contributed by atoms with Gasteiger partial charge in [-0.3, -0.25) is 33.6 Å². The number of ether oxygens (including phenoxy) is 10. The smallest absolute Gasteiger partial charge is 0.303 e.